The van der Waals surface area contributed by atoms with Crippen LogP contribution in [0.1, 0.15) is 11.1 Å². The monoisotopic (exact) mass is 438 g/mol. The van der Waals surface area contributed by atoms with E-state index in [4.69, 9.17) is 9.84 Å². The lowest BCUT2D eigenvalue weighted by Gasteiger charge is -2.15. The maximum atomic E-state index is 13.9. The standard InChI is InChI=1S/C22H25FN2O2.2ClH/c23-21-8-4-2-6-18(21)16-27-22-10-9-17-5-1-3-7-19(17)20(22)15-25-12-11-24-13-14-26;;/h1-10,24-26H,11-16H2;2*1H/p-2. The third kappa shape index (κ3) is 7.14. The summed E-state index contributed by atoms with van der Waals surface area (Å²) in [5.41, 5.74) is 1.60. The summed E-state index contributed by atoms with van der Waals surface area (Å²) in [7, 11) is 0. The average Bonchev–Trinajstić information content (AvgIpc) is 2.70. The van der Waals surface area contributed by atoms with Crippen LogP contribution >= 0.6 is 0 Å². The fraction of sp³-hybridized carbons (Fsp3) is 0.273. The number of aliphatic hydroxyl groups excluding tert-OH is 1. The molecule has 3 rings (SSSR count). The molecular weight excluding hydrogens is 414 g/mol. The van der Waals surface area contributed by atoms with Gasteiger partial charge in [-0.15, -0.1) is 0 Å². The lowest BCUT2D eigenvalue weighted by Crippen LogP contribution is -3.00. The predicted octanol–water partition coefficient (Wildman–Crippen LogP) is -2.76. The SMILES string of the molecule is OCCNCCNCc1c(OCc2ccccc2F)ccc2ccccc12.[Cl-].[Cl-]. The van der Waals surface area contributed by atoms with Gasteiger partial charge in [-0.25, -0.2) is 4.39 Å². The van der Waals surface area contributed by atoms with Crippen LogP contribution in [0.3, 0.4) is 0 Å². The average molecular weight is 439 g/mol. The summed E-state index contributed by atoms with van der Waals surface area (Å²) in [6, 6.07) is 18.8. The van der Waals surface area contributed by atoms with E-state index in [1.165, 1.54) is 6.07 Å². The van der Waals surface area contributed by atoms with Crippen LogP contribution in [0, 0.1) is 5.82 Å². The van der Waals surface area contributed by atoms with Crippen LogP contribution < -0.4 is 40.2 Å². The first kappa shape index (κ1) is 25.1. The Bertz CT molecular complexity index is 880. The van der Waals surface area contributed by atoms with Crippen molar-refractivity contribution in [3.63, 3.8) is 0 Å². The highest BCUT2D eigenvalue weighted by molar-refractivity contribution is 5.87. The molecule has 0 unspecified atom stereocenters. The van der Waals surface area contributed by atoms with E-state index in [2.05, 4.69) is 22.8 Å². The molecule has 0 aliphatic rings. The molecule has 29 heavy (non-hydrogen) atoms. The van der Waals surface area contributed by atoms with Crippen molar-refractivity contribution in [3.8, 4) is 5.75 Å². The molecule has 0 radical (unpaired) electrons. The second kappa shape index (κ2) is 13.4. The largest absolute Gasteiger partial charge is 1.00 e. The molecule has 0 amide bonds. The van der Waals surface area contributed by atoms with Crippen LogP contribution in [-0.4, -0.2) is 31.3 Å². The van der Waals surface area contributed by atoms with Crippen LogP contribution in [-0.2, 0) is 13.2 Å². The fourth-order valence-electron chi connectivity index (χ4n) is 3.00. The van der Waals surface area contributed by atoms with E-state index < -0.39 is 0 Å². The number of aliphatic hydroxyl groups is 1. The molecule has 0 bridgehead atoms. The summed E-state index contributed by atoms with van der Waals surface area (Å²) in [5, 5.41) is 17.6. The molecule has 3 N–H and O–H groups in total. The minimum atomic E-state index is -0.257. The van der Waals surface area contributed by atoms with E-state index in [0.717, 1.165) is 35.2 Å². The maximum absolute atomic E-state index is 13.9. The number of fused-ring (bicyclic) bond motifs is 1. The highest BCUT2D eigenvalue weighted by Gasteiger charge is 2.10. The second-order valence-electron chi connectivity index (χ2n) is 6.29. The van der Waals surface area contributed by atoms with Crippen molar-refractivity contribution in [3.05, 3.63) is 77.6 Å². The fourth-order valence-corrected chi connectivity index (χ4v) is 3.00. The van der Waals surface area contributed by atoms with Gasteiger partial charge in [0.1, 0.15) is 18.2 Å². The number of hydrogen-bond acceptors (Lipinski definition) is 4. The number of rotatable bonds is 10. The second-order valence-corrected chi connectivity index (χ2v) is 6.29. The minimum Gasteiger partial charge on any atom is -1.00 e. The Morgan fingerprint density at radius 1 is 0.828 bits per heavy atom. The molecule has 3 aromatic rings. The summed E-state index contributed by atoms with van der Waals surface area (Å²) < 4.78 is 19.9. The van der Waals surface area contributed by atoms with Crippen molar-refractivity contribution in [2.24, 2.45) is 0 Å². The lowest BCUT2D eigenvalue weighted by atomic mass is 10.0. The van der Waals surface area contributed by atoms with Crippen LogP contribution in [0.25, 0.3) is 10.8 Å². The lowest BCUT2D eigenvalue weighted by molar-refractivity contribution is -0.00100. The van der Waals surface area contributed by atoms with Gasteiger partial charge >= 0.3 is 0 Å². The molecular formula is C22H25Cl2FN2O2-2. The van der Waals surface area contributed by atoms with Crippen molar-refractivity contribution in [1.29, 1.82) is 0 Å². The molecule has 7 heteroatoms. The van der Waals surface area contributed by atoms with E-state index in [-0.39, 0.29) is 43.8 Å². The van der Waals surface area contributed by atoms with Crippen LogP contribution in [0.15, 0.2) is 60.7 Å². The molecule has 0 heterocycles. The van der Waals surface area contributed by atoms with E-state index in [1.807, 2.05) is 30.3 Å². The normalized spacial score (nSPS) is 10.3. The molecule has 0 saturated heterocycles. The molecule has 3 aromatic carbocycles. The summed E-state index contributed by atoms with van der Waals surface area (Å²) >= 11 is 0. The summed E-state index contributed by atoms with van der Waals surface area (Å²) in [6.45, 7) is 3.11. The Balaban J connectivity index is 0.00000210. The van der Waals surface area contributed by atoms with Gasteiger partial charge in [-0.3, -0.25) is 0 Å². The van der Waals surface area contributed by atoms with Gasteiger partial charge in [0.05, 0.1) is 6.61 Å². The van der Waals surface area contributed by atoms with Gasteiger partial charge in [-0.05, 0) is 22.9 Å². The Labute approximate surface area is 183 Å². The third-order valence-electron chi connectivity index (χ3n) is 4.41. The van der Waals surface area contributed by atoms with Crippen LogP contribution in [0.5, 0.6) is 5.75 Å². The molecule has 158 valence electrons. The van der Waals surface area contributed by atoms with Crippen molar-refractivity contribution < 1.29 is 39.0 Å². The quantitative estimate of drug-likeness (QED) is 0.300. The van der Waals surface area contributed by atoms with Gasteiger partial charge in [-0.1, -0.05) is 48.5 Å². The van der Waals surface area contributed by atoms with E-state index in [0.29, 0.717) is 18.7 Å². The number of nitrogens with one attached hydrogen (secondary N) is 2. The summed E-state index contributed by atoms with van der Waals surface area (Å²) in [4.78, 5) is 0. The van der Waals surface area contributed by atoms with Gasteiger partial charge in [0.25, 0.3) is 0 Å². The van der Waals surface area contributed by atoms with Crippen molar-refractivity contribution >= 4 is 10.8 Å². The molecule has 0 aromatic heterocycles. The predicted molar refractivity (Wildman–Crippen MR) is 106 cm³/mol. The molecule has 0 atom stereocenters. The number of halogens is 3. The summed E-state index contributed by atoms with van der Waals surface area (Å²) in [6.07, 6.45) is 0. The zero-order valence-electron chi connectivity index (χ0n) is 16.0. The van der Waals surface area contributed by atoms with Crippen molar-refractivity contribution in [1.82, 2.24) is 10.6 Å². The molecule has 0 spiro atoms. The smallest absolute Gasteiger partial charge is 0.129 e. The zero-order valence-corrected chi connectivity index (χ0v) is 17.5. The zero-order chi connectivity index (χ0) is 18.9. The third-order valence-corrected chi connectivity index (χ3v) is 4.41. The molecule has 0 aliphatic carbocycles. The summed E-state index contributed by atoms with van der Waals surface area (Å²) in [5.74, 6) is 0.501. The first-order valence-electron chi connectivity index (χ1n) is 9.18. The van der Waals surface area contributed by atoms with Gasteiger partial charge in [0.15, 0.2) is 0 Å². The van der Waals surface area contributed by atoms with Gasteiger partial charge in [-0.2, -0.15) is 0 Å². The number of hydrogen-bond donors (Lipinski definition) is 3. The van der Waals surface area contributed by atoms with Gasteiger partial charge in [0.2, 0.25) is 0 Å². The Morgan fingerprint density at radius 3 is 2.34 bits per heavy atom. The van der Waals surface area contributed by atoms with E-state index in [1.54, 1.807) is 12.1 Å². The van der Waals surface area contributed by atoms with Crippen LogP contribution in [0.2, 0.25) is 0 Å². The highest BCUT2D eigenvalue weighted by atomic mass is 35.5. The Kier molecular flexibility index (Phi) is 11.6. The maximum Gasteiger partial charge on any atom is 0.129 e. The van der Waals surface area contributed by atoms with Crippen molar-refractivity contribution in [2.75, 3.05) is 26.2 Å². The van der Waals surface area contributed by atoms with E-state index >= 15 is 0 Å². The number of benzene rings is 3. The highest BCUT2D eigenvalue weighted by Crippen LogP contribution is 2.29. The van der Waals surface area contributed by atoms with Gasteiger partial charge < -0.3 is 45.3 Å². The molecule has 0 fully saturated rings. The minimum absolute atomic E-state index is 0. The van der Waals surface area contributed by atoms with Crippen LogP contribution in [0.4, 0.5) is 4.39 Å². The molecule has 0 saturated carbocycles. The number of ether oxygens (including phenoxy) is 1. The molecule has 4 nitrogen and oxygen atoms in total. The Hall–Kier alpha value is -1.89. The van der Waals surface area contributed by atoms with E-state index in [9.17, 15) is 4.39 Å². The topological polar surface area (TPSA) is 53.5 Å². The first-order chi connectivity index (χ1) is 13.3. The first-order valence-corrected chi connectivity index (χ1v) is 9.18. The van der Waals surface area contributed by atoms with Crippen molar-refractivity contribution in [2.45, 2.75) is 13.2 Å². The molecule has 0 aliphatic heterocycles. The Morgan fingerprint density at radius 2 is 1.55 bits per heavy atom. The van der Waals surface area contributed by atoms with Gasteiger partial charge in [0, 0.05) is 37.3 Å².